The summed E-state index contributed by atoms with van der Waals surface area (Å²) in [6.45, 7) is 10.1. The molecule has 0 saturated heterocycles. The molecule has 1 aromatic heterocycles. The van der Waals surface area contributed by atoms with Gasteiger partial charge in [-0.2, -0.15) is 15.0 Å². The number of aliphatic hydroxyl groups is 1. The minimum Gasteiger partial charge on any atom is -0.388 e. The Morgan fingerprint density at radius 2 is 1.57 bits per heavy atom. The fourth-order valence-electron chi connectivity index (χ4n) is 1.95. The summed E-state index contributed by atoms with van der Waals surface area (Å²) in [6.07, 6.45) is 1.37. The van der Waals surface area contributed by atoms with Gasteiger partial charge in [-0.1, -0.05) is 13.8 Å². The second-order valence-electron chi connectivity index (χ2n) is 4.99. The molecule has 7 nitrogen and oxygen atoms in total. The van der Waals surface area contributed by atoms with Crippen molar-refractivity contribution in [2.75, 3.05) is 42.2 Å². The van der Waals surface area contributed by atoms with Crippen LogP contribution in [0.15, 0.2) is 0 Å². The van der Waals surface area contributed by atoms with E-state index in [-0.39, 0.29) is 0 Å². The van der Waals surface area contributed by atoms with Crippen LogP contribution in [0.1, 0.15) is 40.5 Å². The Morgan fingerprint density at radius 1 is 1.00 bits per heavy atom. The first kappa shape index (κ1) is 17.4. The SMILES string of the molecule is CCN(CC)c1nc(NC)nc(NCC(O)(CC)CC)n1. The highest BCUT2D eigenvalue weighted by atomic mass is 16.3. The molecule has 0 aliphatic carbocycles. The van der Waals surface area contributed by atoms with Gasteiger partial charge in [0, 0.05) is 26.7 Å². The van der Waals surface area contributed by atoms with Crippen LogP contribution >= 0.6 is 0 Å². The van der Waals surface area contributed by atoms with E-state index in [0.717, 1.165) is 13.1 Å². The molecule has 1 rings (SSSR count). The van der Waals surface area contributed by atoms with Gasteiger partial charge in [0.1, 0.15) is 0 Å². The standard InChI is InChI=1S/C14H28N6O/c1-6-14(21,7-2)10-16-12-17-11(15-5)18-13(19-12)20(8-3)9-4/h21H,6-10H2,1-5H3,(H2,15,16,17,18,19). The maximum atomic E-state index is 10.3. The lowest BCUT2D eigenvalue weighted by Crippen LogP contribution is -2.36. The zero-order valence-electron chi connectivity index (χ0n) is 13.8. The Balaban J connectivity index is 2.94. The lowest BCUT2D eigenvalue weighted by atomic mass is 9.98. The lowest BCUT2D eigenvalue weighted by molar-refractivity contribution is 0.0455. The van der Waals surface area contributed by atoms with Crippen molar-refractivity contribution >= 4 is 17.8 Å². The van der Waals surface area contributed by atoms with Crippen LogP contribution in [0.3, 0.4) is 0 Å². The van der Waals surface area contributed by atoms with Crippen molar-refractivity contribution in [1.29, 1.82) is 0 Å². The van der Waals surface area contributed by atoms with E-state index in [0.29, 0.717) is 37.2 Å². The molecule has 7 heteroatoms. The van der Waals surface area contributed by atoms with E-state index in [1.165, 1.54) is 0 Å². The highest BCUT2D eigenvalue weighted by Gasteiger charge is 2.22. The second kappa shape index (κ2) is 7.97. The molecular weight excluding hydrogens is 268 g/mol. The third kappa shape index (κ3) is 4.70. The van der Waals surface area contributed by atoms with Crippen molar-refractivity contribution in [3.63, 3.8) is 0 Å². The van der Waals surface area contributed by atoms with Gasteiger partial charge in [-0.25, -0.2) is 0 Å². The summed E-state index contributed by atoms with van der Waals surface area (Å²) in [5.41, 5.74) is -0.734. The first-order valence-electron chi connectivity index (χ1n) is 7.66. The van der Waals surface area contributed by atoms with E-state index in [1.54, 1.807) is 7.05 Å². The van der Waals surface area contributed by atoms with Gasteiger partial charge in [-0.3, -0.25) is 0 Å². The molecule has 0 aliphatic rings. The van der Waals surface area contributed by atoms with Crippen LogP contribution in [0.4, 0.5) is 17.8 Å². The Kier molecular flexibility index (Phi) is 6.61. The molecule has 0 unspecified atom stereocenters. The summed E-state index contributed by atoms with van der Waals surface area (Å²) in [5, 5.41) is 16.4. The van der Waals surface area contributed by atoms with E-state index >= 15 is 0 Å². The van der Waals surface area contributed by atoms with Crippen molar-refractivity contribution in [3.8, 4) is 0 Å². The highest BCUT2D eigenvalue weighted by molar-refractivity contribution is 5.43. The molecule has 1 aromatic rings. The quantitative estimate of drug-likeness (QED) is 0.639. The Labute approximate surface area is 127 Å². The number of anilines is 3. The lowest BCUT2D eigenvalue weighted by Gasteiger charge is -2.26. The van der Waals surface area contributed by atoms with Crippen molar-refractivity contribution in [3.05, 3.63) is 0 Å². The first-order chi connectivity index (χ1) is 10.0. The van der Waals surface area contributed by atoms with Crippen LogP contribution in [-0.4, -0.2) is 52.3 Å². The highest BCUT2D eigenvalue weighted by Crippen LogP contribution is 2.17. The molecule has 0 bridgehead atoms. The smallest absolute Gasteiger partial charge is 0.231 e. The van der Waals surface area contributed by atoms with Gasteiger partial charge in [0.2, 0.25) is 17.8 Å². The van der Waals surface area contributed by atoms with Gasteiger partial charge in [0.25, 0.3) is 0 Å². The summed E-state index contributed by atoms with van der Waals surface area (Å²) < 4.78 is 0. The van der Waals surface area contributed by atoms with E-state index in [4.69, 9.17) is 0 Å². The Bertz CT molecular complexity index is 431. The molecule has 0 amide bonds. The van der Waals surface area contributed by atoms with E-state index in [2.05, 4.69) is 44.3 Å². The van der Waals surface area contributed by atoms with Gasteiger partial charge in [0.15, 0.2) is 0 Å². The van der Waals surface area contributed by atoms with E-state index in [1.807, 2.05) is 13.8 Å². The zero-order valence-corrected chi connectivity index (χ0v) is 13.8. The van der Waals surface area contributed by atoms with Crippen molar-refractivity contribution in [1.82, 2.24) is 15.0 Å². The predicted molar refractivity (Wildman–Crippen MR) is 87.0 cm³/mol. The second-order valence-corrected chi connectivity index (χ2v) is 4.99. The van der Waals surface area contributed by atoms with Crippen molar-refractivity contribution < 1.29 is 5.11 Å². The van der Waals surface area contributed by atoms with E-state index < -0.39 is 5.60 Å². The summed E-state index contributed by atoms with van der Waals surface area (Å²) in [6, 6.07) is 0. The normalized spacial score (nSPS) is 11.3. The van der Waals surface area contributed by atoms with Crippen molar-refractivity contribution in [2.24, 2.45) is 0 Å². The number of hydrogen-bond donors (Lipinski definition) is 3. The molecular formula is C14H28N6O. The minimum atomic E-state index is -0.734. The third-order valence-electron chi connectivity index (χ3n) is 3.79. The molecule has 1 heterocycles. The van der Waals surface area contributed by atoms with Crippen LogP contribution in [-0.2, 0) is 0 Å². The number of nitrogens with one attached hydrogen (secondary N) is 2. The monoisotopic (exact) mass is 296 g/mol. The van der Waals surface area contributed by atoms with Gasteiger partial charge >= 0.3 is 0 Å². The molecule has 0 aliphatic heterocycles. The molecule has 0 fully saturated rings. The fraction of sp³-hybridized carbons (Fsp3) is 0.786. The van der Waals surface area contributed by atoms with E-state index in [9.17, 15) is 5.11 Å². The fourth-order valence-corrected chi connectivity index (χ4v) is 1.95. The van der Waals surface area contributed by atoms with Crippen molar-refractivity contribution in [2.45, 2.75) is 46.1 Å². The third-order valence-corrected chi connectivity index (χ3v) is 3.79. The number of rotatable bonds is 9. The van der Waals surface area contributed by atoms with Gasteiger partial charge in [-0.15, -0.1) is 0 Å². The average Bonchev–Trinajstić information content (AvgIpc) is 2.53. The predicted octanol–water partition coefficient (Wildman–Crippen LogP) is 1.72. The average molecular weight is 296 g/mol. The first-order valence-corrected chi connectivity index (χ1v) is 7.66. The molecule has 120 valence electrons. The van der Waals surface area contributed by atoms with Gasteiger partial charge < -0.3 is 20.6 Å². The molecule has 21 heavy (non-hydrogen) atoms. The van der Waals surface area contributed by atoms with Crippen LogP contribution < -0.4 is 15.5 Å². The van der Waals surface area contributed by atoms with Crippen LogP contribution in [0.5, 0.6) is 0 Å². The molecule has 0 saturated carbocycles. The summed E-state index contributed by atoms with van der Waals surface area (Å²) in [4.78, 5) is 15.2. The summed E-state index contributed by atoms with van der Waals surface area (Å²) in [7, 11) is 1.78. The molecule has 0 spiro atoms. The molecule has 3 N–H and O–H groups in total. The van der Waals surface area contributed by atoms with Gasteiger partial charge in [-0.05, 0) is 26.7 Å². The number of aromatic nitrogens is 3. The van der Waals surface area contributed by atoms with Crippen LogP contribution in [0.25, 0.3) is 0 Å². The summed E-state index contributed by atoms with van der Waals surface area (Å²) in [5.74, 6) is 1.64. The molecule has 0 aromatic carbocycles. The van der Waals surface area contributed by atoms with Crippen LogP contribution in [0, 0.1) is 0 Å². The minimum absolute atomic E-state index is 0.421. The maximum Gasteiger partial charge on any atom is 0.231 e. The zero-order chi connectivity index (χ0) is 15.9. The van der Waals surface area contributed by atoms with Crippen LogP contribution in [0.2, 0.25) is 0 Å². The number of hydrogen-bond acceptors (Lipinski definition) is 7. The topological polar surface area (TPSA) is 86.2 Å². The molecule has 0 atom stereocenters. The maximum absolute atomic E-state index is 10.3. The molecule has 0 radical (unpaired) electrons. The Hall–Kier alpha value is -1.63. The largest absolute Gasteiger partial charge is 0.388 e. The summed E-state index contributed by atoms with van der Waals surface area (Å²) >= 11 is 0. The Morgan fingerprint density at radius 3 is 2.05 bits per heavy atom. The van der Waals surface area contributed by atoms with Gasteiger partial charge in [0.05, 0.1) is 5.60 Å². The number of nitrogens with zero attached hydrogens (tertiary/aromatic N) is 4.